The molecule has 0 saturated heterocycles. The molecule has 0 aliphatic rings. The van der Waals surface area contributed by atoms with Gasteiger partial charge in [-0.1, -0.05) is 40.2 Å². The van der Waals surface area contributed by atoms with Crippen LogP contribution in [0.4, 0.5) is 0 Å². The molecule has 0 aromatic heterocycles. The summed E-state index contributed by atoms with van der Waals surface area (Å²) >= 11 is 3.33. The van der Waals surface area contributed by atoms with E-state index in [9.17, 15) is 14.7 Å². The number of rotatable bonds is 5. The van der Waals surface area contributed by atoms with Gasteiger partial charge in [0, 0.05) is 4.47 Å². The fraction of sp³-hybridized carbons (Fsp3) is 0.500. The topological polar surface area (TPSA) is 63.6 Å². The van der Waals surface area contributed by atoms with Crippen LogP contribution in [0, 0.1) is 0 Å². The number of carbonyl (C=O) groups is 2. The molecule has 1 rings (SSSR count). The van der Waals surface area contributed by atoms with Gasteiger partial charge in [0.25, 0.3) is 0 Å². The Hall–Kier alpha value is -1.36. The molecule has 5 heteroatoms. The number of ether oxygens (including phenoxy) is 1. The Morgan fingerprint density at radius 3 is 2.38 bits per heavy atom. The molecule has 1 aromatic carbocycles. The number of carbonyl (C=O) groups excluding carboxylic acids is 1. The first kappa shape index (κ1) is 17.7. The molecule has 4 nitrogen and oxygen atoms in total. The van der Waals surface area contributed by atoms with Crippen LogP contribution >= 0.6 is 15.9 Å². The number of carboxylic acid groups (broad SMARTS) is 1. The number of esters is 1. The van der Waals surface area contributed by atoms with E-state index >= 15 is 0 Å². The predicted molar refractivity (Wildman–Crippen MR) is 85.0 cm³/mol. The molecule has 0 heterocycles. The Morgan fingerprint density at radius 2 is 1.90 bits per heavy atom. The summed E-state index contributed by atoms with van der Waals surface area (Å²) in [7, 11) is 0. The van der Waals surface area contributed by atoms with E-state index in [-0.39, 0.29) is 16.5 Å². The zero-order valence-corrected chi connectivity index (χ0v) is 14.4. The van der Waals surface area contributed by atoms with Crippen LogP contribution in [0.2, 0.25) is 0 Å². The van der Waals surface area contributed by atoms with Gasteiger partial charge in [0.15, 0.2) is 0 Å². The van der Waals surface area contributed by atoms with E-state index < -0.39 is 11.9 Å². The van der Waals surface area contributed by atoms with E-state index in [1.165, 1.54) is 6.07 Å². The fourth-order valence-electron chi connectivity index (χ4n) is 1.92. The van der Waals surface area contributed by atoms with Crippen molar-refractivity contribution in [2.24, 2.45) is 0 Å². The summed E-state index contributed by atoms with van der Waals surface area (Å²) < 4.78 is 5.55. The average molecular weight is 357 g/mol. The molecule has 0 aliphatic carbocycles. The SMILES string of the molecule is CCCCOC(=O)c1ccc(C(C)(C)C)c(Br)c1C(=O)O. The maximum Gasteiger partial charge on any atom is 0.339 e. The molecule has 0 radical (unpaired) electrons. The van der Waals surface area contributed by atoms with Gasteiger partial charge >= 0.3 is 11.9 Å². The molecule has 0 bridgehead atoms. The molecule has 0 atom stereocenters. The molecular weight excluding hydrogens is 336 g/mol. The van der Waals surface area contributed by atoms with Gasteiger partial charge in [0.2, 0.25) is 0 Å². The van der Waals surface area contributed by atoms with Crippen molar-refractivity contribution in [2.75, 3.05) is 6.61 Å². The van der Waals surface area contributed by atoms with Crippen LogP contribution in [0.15, 0.2) is 16.6 Å². The predicted octanol–water partition coefficient (Wildman–Crippen LogP) is 4.40. The highest BCUT2D eigenvalue weighted by molar-refractivity contribution is 9.10. The molecule has 0 fully saturated rings. The van der Waals surface area contributed by atoms with Gasteiger partial charge in [-0.3, -0.25) is 0 Å². The van der Waals surface area contributed by atoms with Crippen LogP contribution in [0.25, 0.3) is 0 Å². The summed E-state index contributed by atoms with van der Waals surface area (Å²) in [5.74, 6) is -1.74. The molecule has 1 N–H and O–H groups in total. The second kappa shape index (κ2) is 7.07. The maximum atomic E-state index is 12.1. The molecule has 0 unspecified atom stereocenters. The van der Waals surface area contributed by atoms with Crippen molar-refractivity contribution in [3.63, 3.8) is 0 Å². The summed E-state index contributed by atoms with van der Waals surface area (Å²) in [5, 5.41) is 9.42. The number of unbranched alkanes of at least 4 members (excludes halogenated alkanes) is 1. The molecule has 0 aliphatic heterocycles. The summed E-state index contributed by atoms with van der Waals surface area (Å²) in [4.78, 5) is 23.6. The highest BCUT2D eigenvalue weighted by Gasteiger charge is 2.27. The smallest absolute Gasteiger partial charge is 0.339 e. The van der Waals surface area contributed by atoms with Gasteiger partial charge in [0.05, 0.1) is 17.7 Å². The van der Waals surface area contributed by atoms with E-state index in [1.54, 1.807) is 6.07 Å². The average Bonchev–Trinajstić information content (AvgIpc) is 2.36. The lowest BCUT2D eigenvalue weighted by atomic mass is 9.85. The van der Waals surface area contributed by atoms with Gasteiger partial charge in [0.1, 0.15) is 0 Å². The number of halogens is 1. The van der Waals surface area contributed by atoms with Crippen LogP contribution in [0.3, 0.4) is 0 Å². The maximum absolute atomic E-state index is 12.1. The summed E-state index contributed by atoms with van der Waals surface area (Å²) in [6.45, 7) is 8.24. The number of carboxylic acids is 1. The first-order valence-electron chi connectivity index (χ1n) is 6.93. The first-order valence-corrected chi connectivity index (χ1v) is 7.72. The van der Waals surface area contributed by atoms with Crippen molar-refractivity contribution in [3.8, 4) is 0 Å². The van der Waals surface area contributed by atoms with Gasteiger partial charge in [-0.2, -0.15) is 0 Å². The van der Waals surface area contributed by atoms with E-state index in [0.29, 0.717) is 11.1 Å². The zero-order chi connectivity index (χ0) is 16.2. The highest BCUT2D eigenvalue weighted by Crippen LogP contribution is 2.34. The Balaban J connectivity index is 3.26. The largest absolute Gasteiger partial charge is 0.478 e. The Bertz CT molecular complexity index is 544. The molecule has 1 aromatic rings. The number of hydrogen-bond acceptors (Lipinski definition) is 3. The lowest BCUT2D eigenvalue weighted by Crippen LogP contribution is -2.18. The molecular formula is C16H21BrO4. The minimum atomic E-state index is -1.14. The Labute approximate surface area is 133 Å². The minimum Gasteiger partial charge on any atom is -0.478 e. The fourth-order valence-corrected chi connectivity index (χ4v) is 3.03. The van der Waals surface area contributed by atoms with Gasteiger partial charge in [-0.15, -0.1) is 0 Å². The first-order chi connectivity index (χ1) is 9.70. The monoisotopic (exact) mass is 356 g/mol. The van der Waals surface area contributed by atoms with Crippen LogP contribution in [0.5, 0.6) is 0 Å². The van der Waals surface area contributed by atoms with Crippen molar-refractivity contribution in [1.82, 2.24) is 0 Å². The van der Waals surface area contributed by atoms with Crippen LogP contribution < -0.4 is 0 Å². The lowest BCUT2D eigenvalue weighted by Gasteiger charge is -2.22. The van der Waals surface area contributed by atoms with E-state index in [0.717, 1.165) is 18.4 Å². The van der Waals surface area contributed by atoms with Crippen molar-refractivity contribution >= 4 is 27.9 Å². The van der Waals surface area contributed by atoms with Crippen molar-refractivity contribution < 1.29 is 19.4 Å². The number of aromatic carboxylic acids is 1. The number of hydrogen-bond donors (Lipinski definition) is 1. The third-order valence-corrected chi connectivity index (χ3v) is 3.94. The molecule has 0 amide bonds. The molecule has 0 spiro atoms. The van der Waals surface area contributed by atoms with E-state index in [1.807, 2.05) is 27.7 Å². The summed E-state index contributed by atoms with van der Waals surface area (Å²) in [5.41, 5.74) is 0.653. The van der Waals surface area contributed by atoms with Crippen LogP contribution in [-0.4, -0.2) is 23.7 Å². The third kappa shape index (κ3) is 4.30. The Morgan fingerprint density at radius 1 is 1.29 bits per heavy atom. The lowest BCUT2D eigenvalue weighted by molar-refractivity contribution is 0.0489. The summed E-state index contributed by atoms with van der Waals surface area (Å²) in [6, 6.07) is 3.30. The van der Waals surface area contributed by atoms with Gasteiger partial charge in [-0.25, -0.2) is 9.59 Å². The molecule has 116 valence electrons. The highest BCUT2D eigenvalue weighted by atomic mass is 79.9. The Kier molecular flexibility index (Phi) is 5.96. The van der Waals surface area contributed by atoms with E-state index in [2.05, 4.69) is 15.9 Å². The minimum absolute atomic E-state index is 0.0380. The molecule has 0 saturated carbocycles. The van der Waals surface area contributed by atoms with Crippen LogP contribution in [-0.2, 0) is 10.2 Å². The van der Waals surface area contributed by atoms with Crippen LogP contribution in [0.1, 0.15) is 66.8 Å². The van der Waals surface area contributed by atoms with Gasteiger partial charge in [-0.05, 0) is 39.4 Å². The van der Waals surface area contributed by atoms with Crippen molar-refractivity contribution in [1.29, 1.82) is 0 Å². The zero-order valence-electron chi connectivity index (χ0n) is 12.8. The van der Waals surface area contributed by atoms with Gasteiger partial charge < -0.3 is 9.84 Å². The quantitative estimate of drug-likeness (QED) is 0.627. The molecule has 21 heavy (non-hydrogen) atoms. The second-order valence-corrected chi connectivity index (χ2v) is 6.69. The number of benzene rings is 1. The summed E-state index contributed by atoms with van der Waals surface area (Å²) in [6.07, 6.45) is 1.67. The van der Waals surface area contributed by atoms with Crippen molar-refractivity contribution in [2.45, 2.75) is 46.0 Å². The second-order valence-electron chi connectivity index (χ2n) is 5.89. The standard InChI is InChI=1S/C16H21BrO4/c1-5-6-9-21-15(20)10-7-8-11(16(2,3)4)13(17)12(10)14(18)19/h7-8H,5-6,9H2,1-4H3,(H,18,19). The normalized spacial score (nSPS) is 11.3. The third-order valence-electron chi connectivity index (χ3n) is 3.11. The van der Waals surface area contributed by atoms with E-state index in [4.69, 9.17) is 4.74 Å². The van der Waals surface area contributed by atoms with Crippen molar-refractivity contribution in [3.05, 3.63) is 33.3 Å².